The highest BCUT2D eigenvalue weighted by atomic mass is 79.9. The van der Waals surface area contributed by atoms with Crippen LogP contribution in [0.1, 0.15) is 12.8 Å². The van der Waals surface area contributed by atoms with Crippen LogP contribution in [0, 0.1) is 0 Å². The minimum Gasteiger partial charge on any atom is -0.381 e. The van der Waals surface area contributed by atoms with E-state index >= 15 is 0 Å². The van der Waals surface area contributed by atoms with Gasteiger partial charge in [-0.05, 0) is 40.9 Å². The zero-order chi connectivity index (χ0) is 14.1. The number of fused-ring (bicyclic) bond motifs is 1. The van der Waals surface area contributed by atoms with Crippen molar-refractivity contribution in [1.82, 2.24) is 14.6 Å². The van der Waals surface area contributed by atoms with Crippen LogP contribution in [0.5, 0.6) is 0 Å². The van der Waals surface area contributed by atoms with Gasteiger partial charge in [-0.1, -0.05) is 0 Å². The first-order valence-electron chi connectivity index (χ1n) is 6.73. The van der Waals surface area contributed by atoms with Crippen molar-refractivity contribution in [2.45, 2.75) is 25.0 Å². The fourth-order valence-corrected chi connectivity index (χ4v) is 3.12. The summed E-state index contributed by atoms with van der Waals surface area (Å²) in [5.74, 6) is 0.738. The number of aromatic nitrogens is 3. The van der Waals surface area contributed by atoms with E-state index in [0.717, 1.165) is 35.5 Å². The summed E-state index contributed by atoms with van der Waals surface area (Å²) in [6.45, 7) is 1.45. The lowest BCUT2D eigenvalue weighted by Gasteiger charge is -2.37. The second-order valence-corrected chi connectivity index (χ2v) is 5.86. The number of anilines is 1. The molecule has 1 aliphatic heterocycles. The third kappa shape index (κ3) is 2.41. The van der Waals surface area contributed by atoms with Crippen molar-refractivity contribution < 1.29 is 4.74 Å². The lowest BCUT2D eigenvalue weighted by Crippen LogP contribution is -2.49. The zero-order valence-electron chi connectivity index (χ0n) is 11.4. The van der Waals surface area contributed by atoms with Crippen molar-refractivity contribution in [1.29, 1.82) is 0 Å². The van der Waals surface area contributed by atoms with Gasteiger partial charge in [0.25, 0.3) is 0 Å². The maximum Gasteiger partial charge on any atom is 0.246 e. The van der Waals surface area contributed by atoms with Crippen molar-refractivity contribution in [2.75, 3.05) is 25.1 Å². The monoisotopic (exact) mass is 339 g/mol. The second-order valence-electron chi connectivity index (χ2n) is 5.00. The molecule has 0 radical (unpaired) electrons. The Morgan fingerprint density at radius 2 is 2.40 bits per heavy atom. The first-order chi connectivity index (χ1) is 9.72. The Labute approximate surface area is 126 Å². The minimum atomic E-state index is 0.227. The number of ether oxygens (including phenoxy) is 1. The lowest BCUT2D eigenvalue weighted by molar-refractivity contribution is 0.0706. The van der Waals surface area contributed by atoms with Gasteiger partial charge in [-0.2, -0.15) is 4.98 Å². The van der Waals surface area contributed by atoms with Crippen molar-refractivity contribution in [3.63, 3.8) is 0 Å². The van der Waals surface area contributed by atoms with E-state index in [1.54, 1.807) is 11.6 Å². The van der Waals surface area contributed by atoms with E-state index in [0.29, 0.717) is 6.54 Å². The van der Waals surface area contributed by atoms with Crippen molar-refractivity contribution >= 4 is 27.5 Å². The van der Waals surface area contributed by atoms with E-state index in [4.69, 9.17) is 10.5 Å². The van der Waals surface area contributed by atoms with Crippen molar-refractivity contribution in [3.8, 4) is 0 Å². The molecule has 108 valence electrons. The summed E-state index contributed by atoms with van der Waals surface area (Å²) in [4.78, 5) is 6.81. The van der Waals surface area contributed by atoms with Crippen LogP contribution in [-0.2, 0) is 4.74 Å². The zero-order valence-corrected chi connectivity index (χ0v) is 13.0. The molecule has 0 spiro atoms. The van der Waals surface area contributed by atoms with Crippen molar-refractivity contribution in [3.05, 3.63) is 22.8 Å². The molecule has 2 aromatic rings. The summed E-state index contributed by atoms with van der Waals surface area (Å²) in [7, 11) is 1.76. The largest absolute Gasteiger partial charge is 0.381 e. The highest BCUT2D eigenvalue weighted by molar-refractivity contribution is 9.10. The fraction of sp³-hybridized carbons (Fsp3) is 0.538. The Morgan fingerprint density at radius 1 is 1.55 bits per heavy atom. The molecule has 20 heavy (non-hydrogen) atoms. The summed E-state index contributed by atoms with van der Waals surface area (Å²) in [5.41, 5.74) is 6.73. The number of pyridine rings is 1. The molecule has 2 N–H and O–H groups in total. The maximum atomic E-state index is 5.90. The Hall–Kier alpha value is -1.18. The van der Waals surface area contributed by atoms with E-state index in [1.165, 1.54) is 0 Å². The summed E-state index contributed by atoms with van der Waals surface area (Å²) in [6, 6.07) is 4.13. The van der Waals surface area contributed by atoms with Crippen LogP contribution in [0.3, 0.4) is 0 Å². The topological polar surface area (TPSA) is 68.7 Å². The number of methoxy groups -OCH3 is 1. The molecule has 0 amide bonds. The predicted octanol–water partition coefficient (Wildman–Crippen LogP) is 1.43. The smallest absolute Gasteiger partial charge is 0.246 e. The molecule has 2 unspecified atom stereocenters. The molecule has 0 bridgehead atoms. The van der Waals surface area contributed by atoms with Crippen LogP contribution in [-0.4, -0.2) is 46.9 Å². The standard InChI is InChI=1S/C13H18BrN5O/c1-20-10-4-6-18(9(7-10)8-15)13-16-12-11(14)3-2-5-19(12)17-13/h2-3,5,9-10H,4,6-8,15H2,1H3. The Kier molecular flexibility index (Phi) is 3.91. The summed E-state index contributed by atoms with van der Waals surface area (Å²) < 4.78 is 8.18. The van der Waals surface area contributed by atoms with Gasteiger partial charge in [0.2, 0.25) is 5.95 Å². The molecule has 1 saturated heterocycles. The predicted molar refractivity (Wildman–Crippen MR) is 80.9 cm³/mol. The van der Waals surface area contributed by atoms with Gasteiger partial charge >= 0.3 is 0 Å². The van der Waals surface area contributed by atoms with Crippen LogP contribution in [0.2, 0.25) is 0 Å². The molecule has 0 aliphatic carbocycles. The highest BCUT2D eigenvalue weighted by Crippen LogP contribution is 2.25. The van der Waals surface area contributed by atoms with Gasteiger partial charge in [0.1, 0.15) is 0 Å². The number of rotatable bonds is 3. The number of nitrogens with zero attached hydrogens (tertiary/aromatic N) is 4. The number of nitrogens with two attached hydrogens (primary N) is 1. The van der Waals surface area contributed by atoms with Gasteiger partial charge in [-0.25, -0.2) is 4.52 Å². The highest BCUT2D eigenvalue weighted by Gasteiger charge is 2.30. The van der Waals surface area contributed by atoms with E-state index in [1.807, 2.05) is 18.3 Å². The Morgan fingerprint density at radius 3 is 3.10 bits per heavy atom. The van der Waals surface area contributed by atoms with Crippen LogP contribution in [0.4, 0.5) is 5.95 Å². The SMILES string of the molecule is COC1CCN(c2nc3c(Br)cccn3n2)C(CN)C1. The first kappa shape index (κ1) is 13.8. The molecule has 2 aromatic heterocycles. The van der Waals surface area contributed by atoms with E-state index in [-0.39, 0.29) is 12.1 Å². The normalized spacial score (nSPS) is 23.4. The van der Waals surface area contributed by atoms with Gasteiger partial charge < -0.3 is 15.4 Å². The summed E-state index contributed by atoms with van der Waals surface area (Å²) >= 11 is 3.50. The molecule has 0 saturated carbocycles. The van der Waals surface area contributed by atoms with Crippen LogP contribution in [0.15, 0.2) is 22.8 Å². The molecule has 6 nitrogen and oxygen atoms in total. The molecule has 0 aromatic carbocycles. The van der Waals surface area contributed by atoms with Crippen LogP contribution >= 0.6 is 15.9 Å². The third-order valence-electron chi connectivity index (χ3n) is 3.83. The van der Waals surface area contributed by atoms with Gasteiger partial charge in [0.05, 0.1) is 10.6 Å². The molecular formula is C13H18BrN5O. The fourth-order valence-electron chi connectivity index (χ4n) is 2.70. The Bertz CT molecular complexity index is 601. The van der Waals surface area contributed by atoms with Crippen LogP contribution < -0.4 is 10.6 Å². The van der Waals surface area contributed by atoms with Gasteiger partial charge in [0.15, 0.2) is 5.65 Å². The first-order valence-corrected chi connectivity index (χ1v) is 7.52. The third-order valence-corrected chi connectivity index (χ3v) is 4.45. The van der Waals surface area contributed by atoms with E-state index in [2.05, 4.69) is 30.9 Å². The summed E-state index contributed by atoms with van der Waals surface area (Å²) in [6.07, 6.45) is 4.08. The van der Waals surface area contributed by atoms with E-state index < -0.39 is 0 Å². The molecule has 1 aliphatic rings. The quantitative estimate of drug-likeness (QED) is 0.916. The van der Waals surface area contributed by atoms with Crippen LogP contribution in [0.25, 0.3) is 5.65 Å². The lowest BCUT2D eigenvalue weighted by atomic mass is 10.00. The molecule has 3 heterocycles. The Balaban J connectivity index is 1.91. The van der Waals surface area contributed by atoms with Gasteiger partial charge in [-0.15, -0.1) is 5.10 Å². The summed E-state index contributed by atoms with van der Waals surface area (Å²) in [5, 5.41) is 4.55. The average molecular weight is 340 g/mol. The number of hydrogen-bond acceptors (Lipinski definition) is 5. The maximum absolute atomic E-state index is 5.90. The van der Waals surface area contributed by atoms with Crippen molar-refractivity contribution in [2.24, 2.45) is 5.73 Å². The number of halogens is 1. The number of hydrogen-bond donors (Lipinski definition) is 1. The van der Waals surface area contributed by atoms with Gasteiger partial charge in [-0.3, -0.25) is 0 Å². The second kappa shape index (κ2) is 5.67. The minimum absolute atomic E-state index is 0.227. The molecular weight excluding hydrogens is 322 g/mol. The molecule has 1 fully saturated rings. The molecule has 7 heteroatoms. The number of piperidine rings is 1. The van der Waals surface area contributed by atoms with Gasteiger partial charge in [0, 0.05) is 32.4 Å². The van der Waals surface area contributed by atoms with E-state index in [9.17, 15) is 0 Å². The molecule has 3 rings (SSSR count). The molecule has 2 atom stereocenters. The average Bonchev–Trinajstić information content (AvgIpc) is 2.92.